The SMILES string of the molecule is Cc1ccc(CCC(=O)NCC(C(=O)O)C2CCOCC2)cc1. The summed E-state index contributed by atoms with van der Waals surface area (Å²) < 4.78 is 5.27. The number of carboxylic acid groups (broad SMARTS) is 1. The first kappa shape index (κ1) is 17.5. The highest BCUT2D eigenvalue weighted by Gasteiger charge is 2.29. The second kappa shape index (κ2) is 8.67. The van der Waals surface area contributed by atoms with E-state index in [1.54, 1.807) is 0 Å². The van der Waals surface area contributed by atoms with Crippen molar-refractivity contribution in [1.82, 2.24) is 5.32 Å². The molecule has 126 valence electrons. The van der Waals surface area contributed by atoms with Gasteiger partial charge in [0, 0.05) is 26.2 Å². The predicted octanol–water partition coefficient (Wildman–Crippen LogP) is 2.17. The van der Waals surface area contributed by atoms with E-state index >= 15 is 0 Å². The normalized spacial score (nSPS) is 16.7. The van der Waals surface area contributed by atoms with Crippen LogP contribution >= 0.6 is 0 Å². The molecule has 0 spiro atoms. The Kier molecular flexibility index (Phi) is 6.59. The number of carbonyl (C=O) groups excluding carboxylic acids is 1. The molecular weight excluding hydrogens is 294 g/mol. The van der Waals surface area contributed by atoms with Gasteiger partial charge in [0.2, 0.25) is 5.91 Å². The number of nitrogens with one attached hydrogen (secondary N) is 1. The molecule has 1 heterocycles. The van der Waals surface area contributed by atoms with E-state index in [0.29, 0.717) is 26.1 Å². The average molecular weight is 319 g/mol. The molecule has 0 aromatic heterocycles. The van der Waals surface area contributed by atoms with Crippen molar-refractivity contribution in [2.24, 2.45) is 11.8 Å². The number of aryl methyl sites for hydroxylation is 2. The molecule has 2 rings (SSSR count). The van der Waals surface area contributed by atoms with Crippen molar-refractivity contribution < 1.29 is 19.4 Å². The predicted molar refractivity (Wildman–Crippen MR) is 87.2 cm³/mol. The first-order valence-corrected chi connectivity index (χ1v) is 8.19. The van der Waals surface area contributed by atoms with Crippen LogP contribution in [0, 0.1) is 18.8 Å². The molecule has 1 aliphatic rings. The molecule has 5 nitrogen and oxygen atoms in total. The summed E-state index contributed by atoms with van der Waals surface area (Å²) in [6, 6.07) is 8.09. The van der Waals surface area contributed by atoms with Gasteiger partial charge in [-0.3, -0.25) is 9.59 Å². The molecule has 0 aliphatic carbocycles. The monoisotopic (exact) mass is 319 g/mol. The molecule has 1 atom stereocenters. The van der Waals surface area contributed by atoms with E-state index in [1.165, 1.54) is 5.56 Å². The van der Waals surface area contributed by atoms with Gasteiger partial charge in [-0.15, -0.1) is 0 Å². The third kappa shape index (κ3) is 5.67. The maximum Gasteiger partial charge on any atom is 0.308 e. The number of carboxylic acids is 1. The van der Waals surface area contributed by atoms with Crippen molar-refractivity contribution in [3.63, 3.8) is 0 Å². The molecule has 1 amide bonds. The van der Waals surface area contributed by atoms with Gasteiger partial charge >= 0.3 is 5.97 Å². The molecule has 0 radical (unpaired) electrons. The lowest BCUT2D eigenvalue weighted by atomic mass is 9.86. The van der Waals surface area contributed by atoms with E-state index in [0.717, 1.165) is 18.4 Å². The van der Waals surface area contributed by atoms with Gasteiger partial charge in [0.1, 0.15) is 0 Å². The number of rotatable bonds is 7. The van der Waals surface area contributed by atoms with Crippen molar-refractivity contribution >= 4 is 11.9 Å². The third-order valence-electron chi connectivity index (χ3n) is 4.43. The smallest absolute Gasteiger partial charge is 0.308 e. The highest BCUT2D eigenvalue weighted by molar-refractivity contribution is 5.77. The van der Waals surface area contributed by atoms with E-state index < -0.39 is 11.9 Å². The van der Waals surface area contributed by atoms with Crippen LogP contribution in [0.15, 0.2) is 24.3 Å². The zero-order chi connectivity index (χ0) is 16.7. The largest absolute Gasteiger partial charge is 0.481 e. The Hall–Kier alpha value is -1.88. The second-order valence-electron chi connectivity index (χ2n) is 6.18. The lowest BCUT2D eigenvalue weighted by Crippen LogP contribution is -2.39. The maximum absolute atomic E-state index is 12.0. The van der Waals surface area contributed by atoms with Crippen LogP contribution in [0.1, 0.15) is 30.4 Å². The number of hydrogen-bond acceptors (Lipinski definition) is 3. The quantitative estimate of drug-likeness (QED) is 0.807. The molecule has 1 aliphatic heterocycles. The molecule has 0 saturated carbocycles. The van der Waals surface area contributed by atoms with Gasteiger partial charge in [-0.05, 0) is 37.7 Å². The standard InChI is InChI=1S/C18H25NO4/c1-13-2-4-14(5-3-13)6-7-17(20)19-12-16(18(21)22)15-8-10-23-11-9-15/h2-5,15-16H,6-12H2,1H3,(H,19,20)(H,21,22). The summed E-state index contributed by atoms with van der Waals surface area (Å²) in [4.78, 5) is 23.4. The van der Waals surface area contributed by atoms with Crippen molar-refractivity contribution in [2.75, 3.05) is 19.8 Å². The van der Waals surface area contributed by atoms with Crippen LogP contribution in [0.2, 0.25) is 0 Å². The van der Waals surface area contributed by atoms with Crippen molar-refractivity contribution in [2.45, 2.75) is 32.6 Å². The summed E-state index contributed by atoms with van der Waals surface area (Å²) in [6.45, 7) is 3.44. The van der Waals surface area contributed by atoms with E-state index in [1.807, 2.05) is 31.2 Å². The number of aliphatic carboxylic acids is 1. The fraction of sp³-hybridized carbons (Fsp3) is 0.556. The summed E-state index contributed by atoms with van der Waals surface area (Å²) in [7, 11) is 0. The lowest BCUT2D eigenvalue weighted by molar-refractivity contribution is -0.144. The van der Waals surface area contributed by atoms with Crippen LogP contribution < -0.4 is 5.32 Å². The molecule has 1 fully saturated rings. The number of carbonyl (C=O) groups is 2. The molecule has 2 N–H and O–H groups in total. The van der Waals surface area contributed by atoms with Crippen LogP contribution in [0.4, 0.5) is 0 Å². The zero-order valence-electron chi connectivity index (χ0n) is 13.6. The Labute approximate surface area is 137 Å². The summed E-state index contributed by atoms with van der Waals surface area (Å²) in [5, 5.41) is 12.2. The molecule has 0 bridgehead atoms. The molecule has 23 heavy (non-hydrogen) atoms. The Morgan fingerprint density at radius 1 is 1.26 bits per heavy atom. The van der Waals surface area contributed by atoms with Gasteiger partial charge in [-0.1, -0.05) is 29.8 Å². The zero-order valence-corrected chi connectivity index (χ0v) is 13.6. The average Bonchev–Trinajstić information content (AvgIpc) is 2.55. The molecule has 1 saturated heterocycles. The second-order valence-corrected chi connectivity index (χ2v) is 6.18. The van der Waals surface area contributed by atoms with Gasteiger partial charge < -0.3 is 15.2 Å². The van der Waals surface area contributed by atoms with Crippen LogP contribution in [-0.4, -0.2) is 36.7 Å². The molecule has 5 heteroatoms. The Morgan fingerprint density at radius 3 is 2.52 bits per heavy atom. The van der Waals surface area contributed by atoms with E-state index in [4.69, 9.17) is 4.74 Å². The Balaban J connectivity index is 1.77. The van der Waals surface area contributed by atoms with E-state index in [9.17, 15) is 14.7 Å². The van der Waals surface area contributed by atoms with E-state index in [-0.39, 0.29) is 18.4 Å². The van der Waals surface area contributed by atoms with Crippen LogP contribution in [0.5, 0.6) is 0 Å². The van der Waals surface area contributed by atoms with Crippen molar-refractivity contribution in [1.29, 1.82) is 0 Å². The molecule has 1 unspecified atom stereocenters. The van der Waals surface area contributed by atoms with Crippen molar-refractivity contribution in [3.05, 3.63) is 35.4 Å². The van der Waals surface area contributed by atoms with Gasteiger partial charge in [0.25, 0.3) is 0 Å². The summed E-state index contributed by atoms with van der Waals surface area (Å²) >= 11 is 0. The number of benzene rings is 1. The number of hydrogen-bond donors (Lipinski definition) is 2. The number of ether oxygens (including phenoxy) is 1. The van der Waals surface area contributed by atoms with Crippen molar-refractivity contribution in [3.8, 4) is 0 Å². The fourth-order valence-electron chi connectivity index (χ4n) is 2.90. The fourth-order valence-corrected chi connectivity index (χ4v) is 2.90. The van der Waals surface area contributed by atoms with E-state index in [2.05, 4.69) is 5.32 Å². The van der Waals surface area contributed by atoms with Crippen LogP contribution in [0.3, 0.4) is 0 Å². The van der Waals surface area contributed by atoms with Gasteiger partial charge in [-0.2, -0.15) is 0 Å². The minimum atomic E-state index is -0.837. The topological polar surface area (TPSA) is 75.6 Å². The molecule has 1 aromatic carbocycles. The summed E-state index contributed by atoms with van der Waals surface area (Å²) in [5.74, 6) is -1.37. The maximum atomic E-state index is 12.0. The summed E-state index contributed by atoms with van der Waals surface area (Å²) in [5.41, 5.74) is 2.31. The van der Waals surface area contributed by atoms with Gasteiger partial charge in [-0.25, -0.2) is 0 Å². The highest BCUT2D eigenvalue weighted by atomic mass is 16.5. The summed E-state index contributed by atoms with van der Waals surface area (Å²) in [6.07, 6.45) is 2.54. The molecule has 1 aromatic rings. The minimum Gasteiger partial charge on any atom is -0.481 e. The Morgan fingerprint density at radius 2 is 1.91 bits per heavy atom. The number of amides is 1. The highest BCUT2D eigenvalue weighted by Crippen LogP contribution is 2.23. The Bertz CT molecular complexity index is 520. The first-order valence-electron chi connectivity index (χ1n) is 8.19. The minimum absolute atomic E-state index is 0.0821. The third-order valence-corrected chi connectivity index (χ3v) is 4.43. The van der Waals surface area contributed by atoms with Crippen LogP contribution in [-0.2, 0) is 20.7 Å². The first-order chi connectivity index (χ1) is 11.1. The molecular formula is C18H25NO4. The van der Waals surface area contributed by atoms with Gasteiger partial charge in [0.15, 0.2) is 0 Å². The van der Waals surface area contributed by atoms with Gasteiger partial charge in [0.05, 0.1) is 5.92 Å². The van der Waals surface area contributed by atoms with Crippen LogP contribution in [0.25, 0.3) is 0 Å². The lowest BCUT2D eigenvalue weighted by Gasteiger charge is -2.27.